The van der Waals surface area contributed by atoms with E-state index in [-0.39, 0.29) is 18.3 Å². The van der Waals surface area contributed by atoms with E-state index in [1.807, 2.05) is 85.1 Å². The van der Waals surface area contributed by atoms with Gasteiger partial charge in [0, 0.05) is 21.5 Å². The van der Waals surface area contributed by atoms with Crippen molar-refractivity contribution >= 4 is 34.3 Å². The quantitative estimate of drug-likeness (QED) is 0.412. The first-order valence-corrected chi connectivity index (χ1v) is 10.1. The summed E-state index contributed by atoms with van der Waals surface area (Å²) in [6.07, 6.45) is 2.00. The van der Waals surface area contributed by atoms with Crippen molar-refractivity contribution in [1.82, 2.24) is 0 Å². The van der Waals surface area contributed by atoms with Gasteiger partial charge in [0.25, 0.3) is 5.91 Å². The van der Waals surface area contributed by atoms with Gasteiger partial charge < -0.3 is 14.5 Å². The fraction of sp³-hybridized carbons (Fsp3) is 0.0870. The van der Waals surface area contributed by atoms with Crippen LogP contribution in [0.3, 0.4) is 0 Å². The summed E-state index contributed by atoms with van der Waals surface area (Å²) in [6.45, 7) is 0.245. The number of thioether (sulfide) groups is 1. The van der Waals surface area contributed by atoms with Gasteiger partial charge in [0.1, 0.15) is 17.9 Å². The summed E-state index contributed by atoms with van der Waals surface area (Å²) in [6, 6.07) is 24.8. The zero-order valence-electron chi connectivity index (χ0n) is 15.3. The number of benzene rings is 3. The first-order valence-electron chi connectivity index (χ1n) is 8.88. The topological polar surface area (TPSA) is 51.5 Å². The second-order valence-corrected chi connectivity index (χ2v) is 7.07. The van der Waals surface area contributed by atoms with Crippen molar-refractivity contribution in [1.29, 1.82) is 0 Å². The van der Waals surface area contributed by atoms with Gasteiger partial charge in [0.2, 0.25) is 0 Å². The lowest BCUT2D eigenvalue weighted by Crippen LogP contribution is -2.13. The van der Waals surface area contributed by atoms with Gasteiger partial charge in [0.15, 0.2) is 5.76 Å². The molecule has 1 N–H and O–H groups in total. The number of carbonyl (C=O) groups is 1. The van der Waals surface area contributed by atoms with E-state index < -0.39 is 0 Å². The first kappa shape index (κ1) is 18.2. The van der Waals surface area contributed by atoms with Crippen LogP contribution in [0.5, 0.6) is 5.75 Å². The molecule has 28 heavy (non-hydrogen) atoms. The van der Waals surface area contributed by atoms with Gasteiger partial charge in [-0.3, -0.25) is 4.79 Å². The molecule has 4 nitrogen and oxygen atoms in total. The van der Waals surface area contributed by atoms with Crippen LogP contribution in [0.2, 0.25) is 0 Å². The van der Waals surface area contributed by atoms with E-state index in [2.05, 4.69) is 5.32 Å². The van der Waals surface area contributed by atoms with Crippen LogP contribution in [0.4, 0.5) is 5.69 Å². The highest BCUT2D eigenvalue weighted by molar-refractivity contribution is 7.98. The fourth-order valence-electron chi connectivity index (χ4n) is 2.99. The molecule has 0 radical (unpaired) electrons. The summed E-state index contributed by atoms with van der Waals surface area (Å²) in [5.74, 6) is 0.722. The third-order valence-electron chi connectivity index (χ3n) is 4.36. The molecule has 140 valence electrons. The number of ether oxygens (including phenoxy) is 1. The predicted octanol–water partition coefficient (Wildman–Crippen LogP) is 5.99. The van der Waals surface area contributed by atoms with Gasteiger partial charge in [-0.2, -0.15) is 0 Å². The number of nitrogens with one attached hydrogen (secondary N) is 1. The number of carbonyl (C=O) groups excluding carboxylic acids is 1. The summed E-state index contributed by atoms with van der Waals surface area (Å²) in [7, 11) is 0. The summed E-state index contributed by atoms with van der Waals surface area (Å²) in [4.78, 5) is 14.0. The van der Waals surface area contributed by atoms with Gasteiger partial charge in [-0.15, -0.1) is 11.8 Å². The molecule has 0 aliphatic heterocycles. The van der Waals surface area contributed by atoms with Crippen molar-refractivity contribution in [2.45, 2.75) is 11.5 Å². The van der Waals surface area contributed by atoms with Crippen molar-refractivity contribution in [2.24, 2.45) is 0 Å². The van der Waals surface area contributed by atoms with Crippen LogP contribution in [-0.2, 0) is 6.61 Å². The average Bonchev–Trinajstić information content (AvgIpc) is 3.12. The van der Waals surface area contributed by atoms with Crippen molar-refractivity contribution in [2.75, 3.05) is 11.6 Å². The molecule has 5 heteroatoms. The van der Waals surface area contributed by atoms with Gasteiger partial charge in [-0.25, -0.2) is 0 Å². The van der Waals surface area contributed by atoms with Gasteiger partial charge in [-0.05, 0) is 42.7 Å². The van der Waals surface area contributed by atoms with E-state index in [9.17, 15) is 4.79 Å². The SMILES string of the molecule is CSc1cccc(NC(=O)c2oc3ccccc3c2COc2ccccc2)c1. The Morgan fingerprint density at radius 2 is 1.79 bits per heavy atom. The van der Waals surface area contributed by atoms with Crippen LogP contribution in [0.25, 0.3) is 11.0 Å². The molecule has 0 aliphatic carbocycles. The van der Waals surface area contributed by atoms with E-state index in [4.69, 9.17) is 9.15 Å². The zero-order valence-corrected chi connectivity index (χ0v) is 16.2. The maximum Gasteiger partial charge on any atom is 0.291 e. The van der Waals surface area contributed by atoms with Crippen molar-refractivity contribution < 1.29 is 13.9 Å². The molecule has 1 heterocycles. The minimum Gasteiger partial charge on any atom is -0.489 e. The largest absolute Gasteiger partial charge is 0.489 e. The summed E-state index contributed by atoms with van der Waals surface area (Å²) >= 11 is 1.62. The summed E-state index contributed by atoms with van der Waals surface area (Å²) in [5.41, 5.74) is 2.13. The molecule has 3 aromatic carbocycles. The summed E-state index contributed by atoms with van der Waals surface area (Å²) < 4.78 is 11.8. The van der Waals surface area contributed by atoms with Crippen LogP contribution < -0.4 is 10.1 Å². The van der Waals surface area contributed by atoms with Crippen molar-refractivity contribution in [3.63, 3.8) is 0 Å². The molecular weight excluding hydrogens is 370 g/mol. The number of hydrogen-bond acceptors (Lipinski definition) is 4. The standard InChI is InChI=1S/C23H19NO3S/c1-28-18-11-7-8-16(14-18)24-23(25)22-20(15-26-17-9-3-2-4-10-17)19-12-5-6-13-21(19)27-22/h2-14H,15H2,1H3,(H,24,25). The molecular formula is C23H19NO3S. The second kappa shape index (κ2) is 8.23. The molecule has 0 bridgehead atoms. The van der Waals surface area contributed by atoms with Crippen molar-refractivity contribution in [3.05, 3.63) is 90.2 Å². The van der Waals surface area contributed by atoms with E-state index in [1.54, 1.807) is 11.8 Å². The Kier molecular flexibility index (Phi) is 5.35. The van der Waals surface area contributed by atoms with E-state index in [0.29, 0.717) is 5.58 Å². The number of hydrogen-bond donors (Lipinski definition) is 1. The zero-order chi connectivity index (χ0) is 19.3. The maximum absolute atomic E-state index is 12.9. The van der Waals surface area contributed by atoms with E-state index >= 15 is 0 Å². The van der Waals surface area contributed by atoms with Gasteiger partial charge >= 0.3 is 0 Å². The Labute approximate surface area is 167 Å². The normalized spacial score (nSPS) is 10.8. The minimum absolute atomic E-state index is 0.245. The van der Waals surface area contributed by atoms with Gasteiger partial charge in [0.05, 0.1) is 0 Å². The first-order chi connectivity index (χ1) is 13.7. The average molecular weight is 389 g/mol. The Morgan fingerprint density at radius 3 is 2.61 bits per heavy atom. The molecule has 0 atom stereocenters. The Hall–Kier alpha value is -3.18. The lowest BCUT2D eigenvalue weighted by molar-refractivity contribution is 0.0995. The molecule has 1 aromatic heterocycles. The molecule has 0 unspecified atom stereocenters. The third kappa shape index (κ3) is 3.89. The molecule has 4 aromatic rings. The number of anilines is 1. The molecule has 1 amide bonds. The summed E-state index contributed by atoms with van der Waals surface area (Å²) in [5, 5.41) is 3.81. The van der Waals surface area contributed by atoms with Crippen LogP contribution >= 0.6 is 11.8 Å². The number of fused-ring (bicyclic) bond motifs is 1. The highest BCUT2D eigenvalue weighted by atomic mass is 32.2. The number of amides is 1. The van der Waals surface area contributed by atoms with Crippen LogP contribution in [0.15, 0.2) is 88.2 Å². The van der Waals surface area contributed by atoms with Crippen LogP contribution in [-0.4, -0.2) is 12.2 Å². The third-order valence-corrected chi connectivity index (χ3v) is 5.08. The Bertz CT molecular complexity index is 1110. The molecule has 0 saturated carbocycles. The van der Waals surface area contributed by atoms with Gasteiger partial charge in [-0.1, -0.05) is 42.5 Å². The molecule has 0 saturated heterocycles. The lowest BCUT2D eigenvalue weighted by Gasteiger charge is -2.08. The maximum atomic E-state index is 12.9. The highest BCUT2D eigenvalue weighted by Crippen LogP contribution is 2.28. The lowest BCUT2D eigenvalue weighted by atomic mass is 10.1. The number of furan rings is 1. The van der Waals surface area contributed by atoms with Crippen LogP contribution in [0, 0.1) is 0 Å². The monoisotopic (exact) mass is 389 g/mol. The highest BCUT2D eigenvalue weighted by Gasteiger charge is 2.21. The molecule has 0 fully saturated rings. The fourth-order valence-corrected chi connectivity index (χ4v) is 3.45. The Morgan fingerprint density at radius 1 is 1.00 bits per heavy atom. The van der Waals surface area contributed by atoms with E-state index in [1.165, 1.54) is 0 Å². The predicted molar refractivity (Wildman–Crippen MR) is 113 cm³/mol. The van der Waals surface area contributed by atoms with E-state index in [0.717, 1.165) is 27.3 Å². The van der Waals surface area contributed by atoms with Crippen LogP contribution in [0.1, 0.15) is 16.1 Å². The minimum atomic E-state index is -0.291. The number of para-hydroxylation sites is 2. The molecule has 4 rings (SSSR count). The smallest absolute Gasteiger partial charge is 0.291 e. The van der Waals surface area contributed by atoms with Crippen molar-refractivity contribution in [3.8, 4) is 5.75 Å². The molecule has 0 spiro atoms. The second-order valence-electron chi connectivity index (χ2n) is 6.19. The molecule has 0 aliphatic rings. The Balaban J connectivity index is 1.64. The number of rotatable bonds is 6.